The van der Waals surface area contributed by atoms with E-state index >= 15 is 0 Å². The molecule has 2 heterocycles. The summed E-state index contributed by atoms with van der Waals surface area (Å²) in [6, 6.07) is 25.0. The third-order valence-corrected chi connectivity index (χ3v) is 6.34. The van der Waals surface area contributed by atoms with Gasteiger partial charge >= 0.3 is 0 Å². The second kappa shape index (κ2) is 7.45. The molecule has 30 heavy (non-hydrogen) atoms. The van der Waals surface area contributed by atoms with E-state index in [1.54, 1.807) is 36.0 Å². The fourth-order valence-corrected chi connectivity index (χ4v) is 4.78. The second-order valence-electron chi connectivity index (χ2n) is 6.75. The minimum Gasteiger partial charge on any atom is -0.440 e. The first-order valence-electron chi connectivity index (χ1n) is 9.24. The van der Waals surface area contributed by atoms with Crippen molar-refractivity contribution in [2.45, 2.75) is 16.0 Å². The molecule has 0 aromatic heterocycles. The zero-order chi connectivity index (χ0) is 20.7. The van der Waals surface area contributed by atoms with Crippen molar-refractivity contribution in [3.63, 3.8) is 0 Å². The van der Waals surface area contributed by atoms with Gasteiger partial charge in [0.15, 0.2) is 11.4 Å². The van der Waals surface area contributed by atoms with Crippen LogP contribution in [0.2, 0.25) is 5.02 Å². The van der Waals surface area contributed by atoms with Crippen LogP contribution in [0, 0.1) is 16.7 Å². The Bertz CT molecular complexity index is 1230. The molecule has 0 bridgehead atoms. The van der Waals surface area contributed by atoms with Crippen LogP contribution in [0.1, 0.15) is 11.7 Å². The fraction of sp³-hybridized carbons (Fsp3) is 0.0435. The molecule has 1 unspecified atom stereocenters. The van der Waals surface area contributed by atoms with Crippen LogP contribution in [0.25, 0.3) is 0 Å². The zero-order valence-corrected chi connectivity index (χ0v) is 17.2. The molecule has 0 radical (unpaired) electrons. The van der Waals surface area contributed by atoms with Crippen LogP contribution in [-0.4, -0.2) is 5.84 Å². The van der Waals surface area contributed by atoms with E-state index in [9.17, 15) is 5.26 Å². The summed E-state index contributed by atoms with van der Waals surface area (Å²) in [5.74, 6) is 0.882. The number of rotatable bonds is 2. The standard InChI is InChI=1S/C23H15ClN4OS/c24-14-9-11-15(12-10-14)29-23-17(13-25)21(26)28-18-6-2-4-8-20(18)30-19-7-3-1-5-16(19)22(28)27-23/h1-12,22,26-27H. The van der Waals surface area contributed by atoms with Gasteiger partial charge in [-0.15, -0.1) is 0 Å². The maximum Gasteiger partial charge on any atom is 0.217 e. The molecular weight excluding hydrogens is 416 g/mol. The Morgan fingerprint density at radius 2 is 1.70 bits per heavy atom. The molecule has 3 aromatic rings. The van der Waals surface area contributed by atoms with Gasteiger partial charge in [0.25, 0.3) is 0 Å². The average Bonchev–Trinajstić information content (AvgIpc) is 2.90. The maximum atomic E-state index is 9.84. The van der Waals surface area contributed by atoms with Gasteiger partial charge < -0.3 is 10.1 Å². The Balaban J connectivity index is 1.66. The molecule has 0 saturated heterocycles. The summed E-state index contributed by atoms with van der Waals surface area (Å²) in [5.41, 5.74) is 2.03. The number of ether oxygens (including phenoxy) is 1. The van der Waals surface area contributed by atoms with Gasteiger partial charge in [-0.1, -0.05) is 53.7 Å². The van der Waals surface area contributed by atoms with E-state index in [-0.39, 0.29) is 23.5 Å². The van der Waals surface area contributed by atoms with Gasteiger partial charge in [-0.3, -0.25) is 10.3 Å². The van der Waals surface area contributed by atoms with E-state index in [4.69, 9.17) is 21.7 Å². The van der Waals surface area contributed by atoms with Gasteiger partial charge in [0.05, 0.1) is 5.69 Å². The summed E-state index contributed by atoms with van der Waals surface area (Å²) in [6.07, 6.45) is -0.385. The van der Waals surface area contributed by atoms with Gasteiger partial charge in [-0.2, -0.15) is 5.26 Å². The Hall–Kier alpha value is -3.40. The first-order valence-corrected chi connectivity index (χ1v) is 10.4. The minimum atomic E-state index is -0.385. The Kier molecular flexibility index (Phi) is 4.62. The predicted molar refractivity (Wildman–Crippen MR) is 118 cm³/mol. The van der Waals surface area contributed by atoms with E-state index in [2.05, 4.69) is 17.5 Å². The molecule has 0 aliphatic carbocycles. The van der Waals surface area contributed by atoms with Crippen LogP contribution < -0.4 is 15.0 Å². The van der Waals surface area contributed by atoms with E-state index in [0.717, 1.165) is 21.0 Å². The average molecular weight is 431 g/mol. The summed E-state index contributed by atoms with van der Waals surface area (Å²) in [4.78, 5) is 3.96. The molecule has 5 nitrogen and oxygen atoms in total. The van der Waals surface area contributed by atoms with Gasteiger partial charge in [-0.25, -0.2) is 0 Å². The van der Waals surface area contributed by atoms with Gasteiger partial charge in [0.1, 0.15) is 18.0 Å². The van der Waals surface area contributed by atoms with Crippen molar-refractivity contribution in [1.29, 1.82) is 10.7 Å². The molecule has 0 fully saturated rings. The molecular formula is C23H15ClN4OS. The predicted octanol–water partition coefficient (Wildman–Crippen LogP) is 5.70. The number of amidine groups is 1. The van der Waals surface area contributed by atoms with Gasteiger partial charge in [0, 0.05) is 20.4 Å². The summed E-state index contributed by atoms with van der Waals surface area (Å²) in [7, 11) is 0. The topological polar surface area (TPSA) is 72.1 Å². The number of anilines is 1. The quantitative estimate of drug-likeness (QED) is 0.545. The van der Waals surface area contributed by atoms with Crippen molar-refractivity contribution in [3.05, 3.63) is 94.8 Å². The SMILES string of the molecule is N#CC1=C(Oc2ccc(Cl)cc2)NC2c3ccccc3Sc3ccccc3N2C1=N. The van der Waals surface area contributed by atoms with E-state index in [0.29, 0.717) is 10.8 Å². The van der Waals surface area contributed by atoms with Crippen LogP contribution in [0.4, 0.5) is 5.69 Å². The molecule has 0 amide bonds. The Labute approximate surface area is 183 Å². The van der Waals surface area contributed by atoms with Crippen molar-refractivity contribution in [1.82, 2.24) is 5.32 Å². The first kappa shape index (κ1) is 18.6. The molecule has 1 atom stereocenters. The lowest BCUT2D eigenvalue weighted by Crippen LogP contribution is -2.48. The molecule has 7 heteroatoms. The third kappa shape index (κ3) is 3.09. The number of nitrogens with one attached hydrogen (secondary N) is 2. The van der Waals surface area contributed by atoms with Gasteiger partial charge in [0.2, 0.25) is 5.88 Å². The number of hydrogen-bond acceptors (Lipinski definition) is 5. The fourth-order valence-electron chi connectivity index (χ4n) is 3.56. The van der Waals surface area contributed by atoms with Crippen LogP contribution in [0.15, 0.2) is 94.0 Å². The number of fused-ring (bicyclic) bond motifs is 5. The molecule has 0 saturated carbocycles. The number of halogens is 1. The number of hydrogen-bond donors (Lipinski definition) is 2. The summed E-state index contributed by atoms with van der Waals surface area (Å²) >= 11 is 7.62. The Morgan fingerprint density at radius 1 is 1.00 bits per heavy atom. The van der Waals surface area contributed by atoms with Crippen molar-refractivity contribution in [3.8, 4) is 11.8 Å². The smallest absolute Gasteiger partial charge is 0.217 e. The highest BCUT2D eigenvalue weighted by molar-refractivity contribution is 7.99. The van der Waals surface area contributed by atoms with Crippen molar-refractivity contribution >= 4 is 34.9 Å². The Morgan fingerprint density at radius 3 is 2.47 bits per heavy atom. The molecule has 0 spiro atoms. The summed E-state index contributed by atoms with van der Waals surface area (Å²) in [6.45, 7) is 0. The van der Waals surface area contributed by atoms with Crippen LogP contribution in [-0.2, 0) is 0 Å². The number of nitriles is 1. The molecule has 2 aliphatic rings. The summed E-state index contributed by atoms with van der Waals surface area (Å²) < 4.78 is 5.99. The largest absolute Gasteiger partial charge is 0.440 e. The van der Waals surface area contributed by atoms with Gasteiger partial charge in [-0.05, 0) is 42.5 Å². The first-order chi connectivity index (χ1) is 14.7. The molecule has 2 aliphatic heterocycles. The van der Waals surface area contributed by atoms with Crippen LogP contribution >= 0.6 is 23.4 Å². The number of nitrogens with zero attached hydrogens (tertiary/aromatic N) is 2. The maximum absolute atomic E-state index is 9.84. The molecule has 2 N–H and O–H groups in total. The van der Waals surface area contributed by atoms with Crippen LogP contribution in [0.3, 0.4) is 0 Å². The minimum absolute atomic E-state index is 0.0926. The van der Waals surface area contributed by atoms with E-state index < -0.39 is 0 Å². The lowest BCUT2D eigenvalue weighted by atomic mass is 10.1. The number of benzene rings is 3. The monoisotopic (exact) mass is 430 g/mol. The lowest BCUT2D eigenvalue weighted by molar-refractivity contribution is 0.349. The lowest BCUT2D eigenvalue weighted by Gasteiger charge is -2.38. The molecule has 5 rings (SSSR count). The summed E-state index contributed by atoms with van der Waals surface area (Å²) in [5, 5.41) is 22.7. The molecule has 3 aromatic carbocycles. The third-order valence-electron chi connectivity index (χ3n) is 4.93. The normalized spacial score (nSPS) is 17.1. The van der Waals surface area contributed by atoms with E-state index in [1.807, 2.05) is 47.4 Å². The highest BCUT2D eigenvalue weighted by Gasteiger charge is 2.38. The van der Waals surface area contributed by atoms with Crippen molar-refractivity contribution in [2.75, 3.05) is 4.90 Å². The van der Waals surface area contributed by atoms with Crippen molar-refractivity contribution in [2.24, 2.45) is 0 Å². The van der Waals surface area contributed by atoms with E-state index in [1.165, 1.54) is 0 Å². The van der Waals surface area contributed by atoms with Crippen molar-refractivity contribution < 1.29 is 4.74 Å². The highest BCUT2D eigenvalue weighted by atomic mass is 35.5. The number of para-hydroxylation sites is 1. The zero-order valence-electron chi connectivity index (χ0n) is 15.6. The van der Waals surface area contributed by atoms with Crippen LogP contribution in [0.5, 0.6) is 5.75 Å². The highest BCUT2D eigenvalue weighted by Crippen LogP contribution is 2.46. The second-order valence-corrected chi connectivity index (χ2v) is 8.27. The molecule has 146 valence electrons.